The maximum Gasteiger partial charge on any atom is 0.212 e. The fraction of sp³-hybridized carbons (Fsp3) is 0.292. The van der Waals surface area contributed by atoms with Crippen molar-refractivity contribution in [2.24, 2.45) is 7.05 Å². The van der Waals surface area contributed by atoms with Crippen LogP contribution in [0.3, 0.4) is 0 Å². The second-order valence-corrected chi connectivity index (χ2v) is 7.46. The molecule has 2 aromatic carbocycles. The maximum atomic E-state index is 8.43. The zero-order chi connectivity index (χ0) is 19.6. The molecule has 0 radical (unpaired) electrons. The molecule has 0 bridgehead atoms. The Morgan fingerprint density at radius 2 is 1.76 bits per heavy atom. The number of hydrogen-bond acceptors (Lipinski definition) is 0. The van der Waals surface area contributed by atoms with Crippen LogP contribution in [0.15, 0.2) is 54.7 Å². The first-order chi connectivity index (χ1) is 12.6. The Hall–Kier alpha value is -2.41. The molecule has 0 atom stereocenters. The quantitative estimate of drug-likeness (QED) is 0.557. The van der Waals surface area contributed by atoms with Crippen molar-refractivity contribution in [3.05, 3.63) is 77.0 Å². The molecule has 126 valence electrons. The van der Waals surface area contributed by atoms with E-state index in [9.17, 15) is 0 Å². The van der Waals surface area contributed by atoms with Gasteiger partial charge in [-0.05, 0) is 52.7 Å². The molecule has 0 N–H and O–H groups in total. The van der Waals surface area contributed by atoms with E-state index in [1.165, 1.54) is 22.3 Å². The Bertz CT molecular complexity index is 1060. The van der Waals surface area contributed by atoms with E-state index < -0.39 is 6.37 Å². The summed E-state index contributed by atoms with van der Waals surface area (Å²) < 4.78 is 19.0. The van der Waals surface area contributed by atoms with Crippen LogP contribution in [0.25, 0.3) is 22.4 Å². The van der Waals surface area contributed by atoms with Gasteiger partial charge in [-0.3, -0.25) is 0 Å². The van der Waals surface area contributed by atoms with Crippen LogP contribution in [-0.2, 0) is 18.8 Å². The number of fused-ring (bicyclic) bond motifs is 3. The summed E-state index contributed by atoms with van der Waals surface area (Å²) in [7, 11) is 2.06. The summed E-state index contributed by atoms with van der Waals surface area (Å²) >= 11 is 0. The summed E-state index contributed by atoms with van der Waals surface area (Å²) in [5, 5.41) is 0. The Morgan fingerprint density at radius 3 is 2.48 bits per heavy atom. The Labute approximate surface area is 153 Å². The van der Waals surface area contributed by atoms with Crippen molar-refractivity contribution in [2.45, 2.75) is 39.5 Å². The smallest absolute Gasteiger partial charge is 0.201 e. The van der Waals surface area contributed by atoms with E-state index in [0.29, 0.717) is 0 Å². The number of nitrogens with zero attached hydrogens (tertiary/aromatic N) is 1. The van der Waals surface area contributed by atoms with E-state index in [4.69, 9.17) is 2.74 Å². The lowest BCUT2D eigenvalue weighted by Crippen LogP contribution is -2.31. The summed E-state index contributed by atoms with van der Waals surface area (Å²) in [6.45, 7) is 8.29. The predicted molar refractivity (Wildman–Crippen MR) is 105 cm³/mol. The van der Waals surface area contributed by atoms with Crippen molar-refractivity contribution in [1.82, 2.24) is 0 Å². The molecule has 1 aliphatic rings. The standard InChI is InChI=1S/C24H26N/c1-6-17-15-19-18-11-7-8-12-20(18)24(3,4)23(19)22(16(17)2)21-13-9-10-14-25(21)5/h7-15H,6H2,1-5H3/q+1/i6D2. The molecule has 4 rings (SSSR count). The molecule has 0 saturated carbocycles. The van der Waals surface area contributed by atoms with Crippen molar-refractivity contribution in [3.63, 3.8) is 0 Å². The Balaban J connectivity index is 2.20. The third-order valence-electron chi connectivity index (χ3n) is 5.68. The van der Waals surface area contributed by atoms with Crippen molar-refractivity contribution < 1.29 is 7.31 Å². The summed E-state index contributed by atoms with van der Waals surface area (Å²) in [5.41, 5.74) is 8.97. The summed E-state index contributed by atoms with van der Waals surface area (Å²) in [4.78, 5) is 0. The van der Waals surface area contributed by atoms with Crippen molar-refractivity contribution >= 4 is 0 Å². The van der Waals surface area contributed by atoms with E-state index in [2.05, 4.69) is 81.0 Å². The molecule has 0 amide bonds. The minimum atomic E-state index is -1.40. The van der Waals surface area contributed by atoms with E-state index in [1.54, 1.807) is 6.92 Å². The average molecular weight is 330 g/mol. The number of aryl methyl sites for hydroxylation is 2. The lowest BCUT2D eigenvalue weighted by atomic mass is 9.77. The molecule has 1 nitrogen and oxygen atoms in total. The van der Waals surface area contributed by atoms with Gasteiger partial charge in [0.25, 0.3) is 0 Å². The van der Waals surface area contributed by atoms with Gasteiger partial charge in [0.15, 0.2) is 6.20 Å². The lowest BCUT2D eigenvalue weighted by Gasteiger charge is -2.25. The van der Waals surface area contributed by atoms with Gasteiger partial charge in [-0.25, -0.2) is 4.57 Å². The van der Waals surface area contributed by atoms with Crippen LogP contribution in [-0.4, -0.2) is 0 Å². The van der Waals surface area contributed by atoms with Crippen LogP contribution >= 0.6 is 0 Å². The Kier molecular flexibility index (Phi) is 3.07. The van der Waals surface area contributed by atoms with Crippen LogP contribution in [0.4, 0.5) is 0 Å². The third kappa shape index (κ3) is 2.18. The number of benzene rings is 2. The number of rotatable bonds is 2. The predicted octanol–water partition coefficient (Wildman–Crippen LogP) is 5.36. The second kappa shape index (κ2) is 5.56. The summed E-state index contributed by atoms with van der Waals surface area (Å²) in [5.74, 6) is 0. The Morgan fingerprint density at radius 1 is 1.04 bits per heavy atom. The minimum absolute atomic E-state index is 0.131. The SMILES string of the molecule is [2H]C([2H])(C)c1cc2c(c(-c3cccc[n+]3C)c1C)C(C)(C)c1ccccc1-2. The number of hydrogen-bond donors (Lipinski definition) is 0. The average Bonchev–Trinajstić information content (AvgIpc) is 2.83. The monoisotopic (exact) mass is 330 g/mol. The van der Waals surface area contributed by atoms with E-state index >= 15 is 0 Å². The molecule has 0 aliphatic heterocycles. The van der Waals surface area contributed by atoms with Gasteiger partial charge in [0.1, 0.15) is 7.05 Å². The second-order valence-electron chi connectivity index (χ2n) is 7.46. The molecule has 1 aromatic heterocycles. The van der Waals surface area contributed by atoms with Crippen LogP contribution in [0.1, 0.15) is 45.8 Å². The fourth-order valence-electron chi connectivity index (χ4n) is 4.40. The molecular weight excluding hydrogens is 302 g/mol. The first-order valence-corrected chi connectivity index (χ1v) is 8.87. The highest BCUT2D eigenvalue weighted by atomic mass is 14.9. The van der Waals surface area contributed by atoms with Gasteiger partial charge in [-0.15, -0.1) is 0 Å². The number of aromatic nitrogens is 1. The van der Waals surface area contributed by atoms with Crippen molar-refractivity contribution in [1.29, 1.82) is 0 Å². The van der Waals surface area contributed by atoms with Crippen LogP contribution in [0.2, 0.25) is 0 Å². The van der Waals surface area contributed by atoms with Gasteiger partial charge >= 0.3 is 0 Å². The van der Waals surface area contributed by atoms with Crippen molar-refractivity contribution in [3.8, 4) is 22.4 Å². The molecule has 1 heteroatoms. The van der Waals surface area contributed by atoms with Gasteiger partial charge in [0.05, 0.1) is 5.56 Å². The molecule has 0 unspecified atom stereocenters. The zero-order valence-electron chi connectivity index (χ0n) is 17.6. The molecule has 25 heavy (non-hydrogen) atoms. The first kappa shape index (κ1) is 13.8. The molecular formula is C24H26N+. The minimum Gasteiger partial charge on any atom is -0.201 e. The molecule has 0 spiro atoms. The van der Waals surface area contributed by atoms with Gasteiger partial charge in [0.2, 0.25) is 5.69 Å². The molecule has 0 fully saturated rings. The van der Waals surface area contributed by atoms with Gasteiger partial charge in [-0.2, -0.15) is 0 Å². The van der Waals surface area contributed by atoms with E-state index in [0.717, 1.165) is 22.4 Å². The van der Waals surface area contributed by atoms with Crippen LogP contribution in [0.5, 0.6) is 0 Å². The highest BCUT2D eigenvalue weighted by Gasteiger charge is 2.39. The van der Waals surface area contributed by atoms with Crippen molar-refractivity contribution in [2.75, 3.05) is 0 Å². The van der Waals surface area contributed by atoms with E-state index in [1.807, 2.05) is 6.07 Å². The summed E-state index contributed by atoms with van der Waals surface area (Å²) in [6.07, 6.45) is 0.659. The molecule has 1 heterocycles. The molecule has 1 aliphatic carbocycles. The molecule has 0 saturated heterocycles. The lowest BCUT2D eigenvalue weighted by molar-refractivity contribution is -0.660. The molecule has 3 aromatic rings. The van der Waals surface area contributed by atoms with E-state index in [-0.39, 0.29) is 5.41 Å². The van der Waals surface area contributed by atoms with Crippen LogP contribution < -0.4 is 4.57 Å². The van der Waals surface area contributed by atoms with Gasteiger partial charge < -0.3 is 0 Å². The zero-order valence-corrected chi connectivity index (χ0v) is 15.6. The normalized spacial score (nSPS) is 16.0. The largest absolute Gasteiger partial charge is 0.212 e. The fourth-order valence-corrected chi connectivity index (χ4v) is 4.40. The first-order valence-electron chi connectivity index (χ1n) is 9.87. The van der Waals surface area contributed by atoms with Gasteiger partial charge in [0, 0.05) is 20.3 Å². The third-order valence-corrected chi connectivity index (χ3v) is 5.68. The topological polar surface area (TPSA) is 3.88 Å². The maximum absolute atomic E-state index is 8.43. The van der Waals surface area contributed by atoms with Crippen LogP contribution in [0, 0.1) is 6.92 Å². The number of pyridine rings is 1. The summed E-state index contributed by atoms with van der Waals surface area (Å²) in [6, 6.07) is 16.9. The highest BCUT2D eigenvalue weighted by molar-refractivity contribution is 5.89. The van der Waals surface area contributed by atoms with Gasteiger partial charge in [-0.1, -0.05) is 51.1 Å². The highest BCUT2D eigenvalue weighted by Crippen LogP contribution is 2.53.